The lowest BCUT2D eigenvalue weighted by molar-refractivity contribution is 0.0697. The van der Waals surface area contributed by atoms with E-state index in [1.165, 1.54) is 12.1 Å². The molecule has 1 aromatic rings. The van der Waals surface area contributed by atoms with E-state index in [9.17, 15) is 9.59 Å². The van der Waals surface area contributed by atoms with Gasteiger partial charge < -0.3 is 20.6 Å². The Morgan fingerprint density at radius 2 is 2.05 bits per heavy atom. The molecule has 1 heterocycles. The molecule has 6 nitrogen and oxygen atoms in total. The molecule has 0 saturated carbocycles. The van der Waals surface area contributed by atoms with Gasteiger partial charge in [-0.15, -0.1) is 0 Å². The van der Waals surface area contributed by atoms with Crippen LogP contribution in [0.1, 0.15) is 30.1 Å². The van der Waals surface area contributed by atoms with Gasteiger partial charge in [-0.2, -0.15) is 0 Å². The lowest BCUT2D eigenvalue weighted by atomic mass is 10.1. The minimum absolute atomic E-state index is 0.164. The molecule has 0 aliphatic carbocycles. The highest BCUT2D eigenvalue weighted by Gasteiger charge is 2.20. The topological polar surface area (TPSA) is 81.7 Å². The molecular weight excluding hydrogens is 270 g/mol. The average molecular weight is 291 g/mol. The van der Waals surface area contributed by atoms with Gasteiger partial charge in [-0.3, -0.25) is 0 Å². The van der Waals surface area contributed by atoms with Crippen molar-refractivity contribution in [1.29, 1.82) is 0 Å². The fourth-order valence-corrected chi connectivity index (χ4v) is 2.51. The summed E-state index contributed by atoms with van der Waals surface area (Å²) in [5, 5.41) is 14.5. The van der Waals surface area contributed by atoms with Gasteiger partial charge >= 0.3 is 12.0 Å². The Kier molecular flexibility index (Phi) is 5.16. The third kappa shape index (κ3) is 4.46. The maximum Gasteiger partial charge on any atom is 0.335 e. The number of aromatic carboxylic acids is 1. The van der Waals surface area contributed by atoms with Gasteiger partial charge in [-0.1, -0.05) is 6.92 Å². The first-order valence-electron chi connectivity index (χ1n) is 7.21. The van der Waals surface area contributed by atoms with Crippen LogP contribution in [0, 0.1) is 0 Å². The van der Waals surface area contributed by atoms with Crippen molar-refractivity contribution in [2.45, 2.75) is 25.8 Å². The lowest BCUT2D eigenvalue weighted by Gasteiger charge is -2.32. The van der Waals surface area contributed by atoms with Crippen LogP contribution in [-0.2, 0) is 0 Å². The average Bonchev–Trinajstić information content (AvgIpc) is 2.47. The second-order valence-corrected chi connectivity index (χ2v) is 5.21. The molecule has 2 rings (SSSR count). The fourth-order valence-electron chi connectivity index (χ4n) is 2.51. The van der Waals surface area contributed by atoms with Crippen LogP contribution < -0.4 is 10.6 Å². The number of benzene rings is 1. The Bertz CT molecular complexity index is 501. The Morgan fingerprint density at radius 1 is 1.33 bits per heavy atom. The molecule has 6 heteroatoms. The number of likely N-dealkylation sites (tertiary alicyclic amines) is 1. The highest BCUT2D eigenvalue weighted by molar-refractivity contribution is 5.91. The van der Waals surface area contributed by atoms with Crippen molar-refractivity contribution < 1.29 is 14.7 Å². The van der Waals surface area contributed by atoms with Gasteiger partial charge in [0.1, 0.15) is 0 Å². The van der Waals surface area contributed by atoms with Crippen LogP contribution in [0.3, 0.4) is 0 Å². The number of nitrogens with one attached hydrogen (secondary N) is 2. The zero-order valence-electron chi connectivity index (χ0n) is 12.1. The van der Waals surface area contributed by atoms with E-state index in [0.29, 0.717) is 5.69 Å². The maximum atomic E-state index is 11.9. The van der Waals surface area contributed by atoms with Crippen molar-refractivity contribution in [3.8, 4) is 0 Å². The predicted molar refractivity (Wildman–Crippen MR) is 80.7 cm³/mol. The van der Waals surface area contributed by atoms with Gasteiger partial charge in [-0.25, -0.2) is 9.59 Å². The van der Waals surface area contributed by atoms with Gasteiger partial charge in [0.25, 0.3) is 0 Å². The van der Waals surface area contributed by atoms with E-state index in [2.05, 4.69) is 22.5 Å². The molecule has 114 valence electrons. The van der Waals surface area contributed by atoms with E-state index < -0.39 is 5.97 Å². The van der Waals surface area contributed by atoms with E-state index in [0.717, 1.165) is 32.5 Å². The van der Waals surface area contributed by atoms with Crippen molar-refractivity contribution in [2.75, 3.05) is 25.0 Å². The SMILES string of the molecule is CCN1CCCC(NC(=O)Nc2ccc(C(=O)O)cc2)C1. The third-order valence-electron chi connectivity index (χ3n) is 3.68. The summed E-state index contributed by atoms with van der Waals surface area (Å²) in [6.07, 6.45) is 2.08. The largest absolute Gasteiger partial charge is 0.478 e. The number of piperidine rings is 1. The standard InChI is InChI=1S/C15H21N3O3/c1-2-18-9-3-4-13(10-18)17-15(21)16-12-7-5-11(6-8-12)14(19)20/h5-8,13H,2-4,9-10H2,1H3,(H,19,20)(H2,16,17,21). The van der Waals surface area contributed by atoms with E-state index in [1.807, 2.05) is 0 Å². The molecule has 1 atom stereocenters. The number of carboxylic acids is 1. The van der Waals surface area contributed by atoms with Crippen LogP contribution in [-0.4, -0.2) is 47.7 Å². The summed E-state index contributed by atoms with van der Waals surface area (Å²) >= 11 is 0. The molecule has 1 saturated heterocycles. The van der Waals surface area contributed by atoms with Crippen LogP contribution >= 0.6 is 0 Å². The molecule has 0 aromatic heterocycles. The number of rotatable bonds is 4. The summed E-state index contributed by atoms with van der Waals surface area (Å²) in [5.74, 6) is -0.979. The Labute approximate surface area is 124 Å². The summed E-state index contributed by atoms with van der Waals surface area (Å²) < 4.78 is 0. The molecule has 21 heavy (non-hydrogen) atoms. The predicted octanol–water partition coefficient (Wildman–Crippen LogP) is 1.99. The maximum absolute atomic E-state index is 11.9. The second-order valence-electron chi connectivity index (χ2n) is 5.21. The summed E-state index contributed by atoms with van der Waals surface area (Å²) in [6.45, 7) is 5.08. The summed E-state index contributed by atoms with van der Waals surface area (Å²) in [7, 11) is 0. The van der Waals surface area contributed by atoms with Crippen LogP contribution in [0.2, 0.25) is 0 Å². The molecule has 2 amide bonds. The molecule has 0 bridgehead atoms. The number of likely N-dealkylation sites (N-methyl/N-ethyl adjacent to an activating group) is 1. The Morgan fingerprint density at radius 3 is 2.67 bits per heavy atom. The van der Waals surface area contributed by atoms with Crippen LogP contribution in [0.15, 0.2) is 24.3 Å². The molecule has 0 radical (unpaired) electrons. The highest BCUT2D eigenvalue weighted by Crippen LogP contribution is 2.11. The van der Waals surface area contributed by atoms with Gasteiger partial charge in [0.2, 0.25) is 0 Å². The number of carbonyl (C=O) groups is 2. The second kappa shape index (κ2) is 7.08. The van der Waals surface area contributed by atoms with Gasteiger partial charge in [0.05, 0.1) is 5.56 Å². The van der Waals surface area contributed by atoms with E-state index in [-0.39, 0.29) is 17.6 Å². The summed E-state index contributed by atoms with van der Waals surface area (Å²) in [6, 6.07) is 6.03. The first-order valence-corrected chi connectivity index (χ1v) is 7.21. The number of carboxylic acid groups (broad SMARTS) is 1. The molecule has 0 spiro atoms. The van der Waals surface area contributed by atoms with Crippen LogP contribution in [0.25, 0.3) is 0 Å². The van der Waals surface area contributed by atoms with Crippen molar-refractivity contribution >= 4 is 17.7 Å². The zero-order chi connectivity index (χ0) is 15.2. The number of nitrogens with zero attached hydrogens (tertiary/aromatic N) is 1. The number of hydrogen-bond donors (Lipinski definition) is 3. The minimum Gasteiger partial charge on any atom is -0.478 e. The smallest absolute Gasteiger partial charge is 0.335 e. The molecular formula is C15H21N3O3. The quantitative estimate of drug-likeness (QED) is 0.792. The van der Waals surface area contributed by atoms with Gasteiger partial charge in [0.15, 0.2) is 0 Å². The third-order valence-corrected chi connectivity index (χ3v) is 3.68. The normalized spacial score (nSPS) is 19.0. The van der Waals surface area contributed by atoms with Crippen LogP contribution in [0.5, 0.6) is 0 Å². The molecule has 1 unspecified atom stereocenters. The number of amides is 2. The van der Waals surface area contributed by atoms with Gasteiger partial charge in [-0.05, 0) is 50.2 Å². The van der Waals surface area contributed by atoms with Crippen molar-refractivity contribution in [1.82, 2.24) is 10.2 Å². The lowest BCUT2D eigenvalue weighted by Crippen LogP contribution is -2.48. The van der Waals surface area contributed by atoms with Crippen molar-refractivity contribution in [2.24, 2.45) is 0 Å². The van der Waals surface area contributed by atoms with Crippen molar-refractivity contribution in [3.63, 3.8) is 0 Å². The number of carbonyl (C=O) groups excluding carboxylic acids is 1. The fraction of sp³-hybridized carbons (Fsp3) is 0.467. The molecule has 1 fully saturated rings. The van der Waals surface area contributed by atoms with Gasteiger partial charge in [0, 0.05) is 18.3 Å². The monoisotopic (exact) mass is 291 g/mol. The Balaban J connectivity index is 1.85. The molecule has 3 N–H and O–H groups in total. The zero-order valence-corrected chi connectivity index (χ0v) is 12.1. The minimum atomic E-state index is -0.979. The number of urea groups is 1. The summed E-state index contributed by atoms with van der Waals surface area (Å²) in [5.41, 5.74) is 0.785. The number of anilines is 1. The Hall–Kier alpha value is -2.08. The summed E-state index contributed by atoms with van der Waals surface area (Å²) in [4.78, 5) is 25.0. The molecule has 1 aromatic carbocycles. The first kappa shape index (κ1) is 15.3. The molecule has 1 aliphatic heterocycles. The number of hydrogen-bond acceptors (Lipinski definition) is 3. The van der Waals surface area contributed by atoms with E-state index >= 15 is 0 Å². The molecule has 1 aliphatic rings. The van der Waals surface area contributed by atoms with Crippen molar-refractivity contribution in [3.05, 3.63) is 29.8 Å². The first-order chi connectivity index (χ1) is 10.1. The van der Waals surface area contributed by atoms with E-state index in [1.54, 1.807) is 12.1 Å². The van der Waals surface area contributed by atoms with E-state index in [4.69, 9.17) is 5.11 Å². The van der Waals surface area contributed by atoms with Crippen LogP contribution in [0.4, 0.5) is 10.5 Å². The highest BCUT2D eigenvalue weighted by atomic mass is 16.4.